The number of esters is 1. The number of amides is 2. The average Bonchev–Trinajstić information content (AvgIpc) is 2.64. The van der Waals surface area contributed by atoms with Crippen molar-refractivity contribution in [3.63, 3.8) is 0 Å². The van der Waals surface area contributed by atoms with Crippen molar-refractivity contribution in [1.29, 1.82) is 0 Å². The van der Waals surface area contributed by atoms with Crippen LogP contribution < -0.4 is 15.4 Å². The van der Waals surface area contributed by atoms with Crippen molar-refractivity contribution in [1.82, 2.24) is 10.6 Å². The summed E-state index contributed by atoms with van der Waals surface area (Å²) in [5.74, 6) is 1.45. The fraction of sp³-hybridized carbons (Fsp3) is 0.545. The van der Waals surface area contributed by atoms with Crippen LogP contribution in [0.1, 0.15) is 58.6 Å². The lowest BCUT2D eigenvalue weighted by Crippen LogP contribution is -2.46. The minimum absolute atomic E-state index is 0.0839. The van der Waals surface area contributed by atoms with Gasteiger partial charge in [-0.15, -0.1) is 0 Å². The first-order chi connectivity index (χ1) is 13.4. The molecule has 0 bridgehead atoms. The second-order valence-electron chi connectivity index (χ2n) is 7.84. The van der Waals surface area contributed by atoms with E-state index in [1.807, 2.05) is 31.2 Å². The Bertz CT molecular complexity index is 774. The summed E-state index contributed by atoms with van der Waals surface area (Å²) in [7, 11) is 0. The van der Waals surface area contributed by atoms with Gasteiger partial charge in [0, 0.05) is 11.3 Å². The van der Waals surface area contributed by atoms with Gasteiger partial charge in [-0.1, -0.05) is 32.0 Å². The smallest absolute Gasteiger partial charge is 0.338 e. The molecule has 1 fully saturated rings. The maximum Gasteiger partial charge on any atom is 0.338 e. The summed E-state index contributed by atoms with van der Waals surface area (Å²) >= 11 is 0. The molecule has 1 heterocycles. The lowest BCUT2D eigenvalue weighted by Gasteiger charge is -2.34. The third kappa shape index (κ3) is 4.32. The third-order valence-corrected chi connectivity index (χ3v) is 5.84. The quantitative estimate of drug-likeness (QED) is 0.748. The first-order valence-electron chi connectivity index (χ1n) is 10.1. The summed E-state index contributed by atoms with van der Waals surface area (Å²) in [4.78, 5) is 25.2. The van der Waals surface area contributed by atoms with Gasteiger partial charge < -0.3 is 20.1 Å². The topological polar surface area (TPSA) is 76.7 Å². The Morgan fingerprint density at radius 3 is 2.64 bits per heavy atom. The van der Waals surface area contributed by atoms with E-state index in [-0.39, 0.29) is 18.1 Å². The number of hydrogen-bond donors (Lipinski definition) is 2. The molecule has 2 amide bonds. The second-order valence-corrected chi connectivity index (χ2v) is 7.84. The lowest BCUT2D eigenvalue weighted by molar-refractivity contribution is -0.147. The number of ether oxygens (including phenoxy) is 2. The molecule has 6 nitrogen and oxygen atoms in total. The Morgan fingerprint density at radius 2 is 1.93 bits per heavy atom. The Kier molecular flexibility index (Phi) is 6.27. The highest BCUT2D eigenvalue weighted by atomic mass is 16.5. The van der Waals surface area contributed by atoms with Crippen LogP contribution in [0.5, 0.6) is 5.75 Å². The number of hydrogen-bond acceptors (Lipinski definition) is 4. The number of carbonyl (C=O) groups is 2. The van der Waals surface area contributed by atoms with Gasteiger partial charge in [0.05, 0.1) is 18.2 Å². The molecule has 152 valence electrons. The van der Waals surface area contributed by atoms with E-state index in [1.165, 1.54) is 0 Å². The van der Waals surface area contributed by atoms with E-state index in [4.69, 9.17) is 9.47 Å². The molecular weight excluding hydrogens is 356 g/mol. The normalized spacial score (nSPS) is 27.6. The van der Waals surface area contributed by atoms with Gasteiger partial charge in [0.1, 0.15) is 11.9 Å². The number of allylic oxidation sites excluding steroid dienone is 1. The maximum atomic E-state index is 13.1. The molecule has 2 aliphatic rings. The van der Waals surface area contributed by atoms with E-state index < -0.39 is 6.04 Å². The molecule has 3 rings (SSSR count). The Morgan fingerprint density at radius 1 is 1.18 bits per heavy atom. The van der Waals surface area contributed by atoms with E-state index in [0.717, 1.165) is 24.8 Å². The molecule has 1 aliphatic carbocycles. The zero-order chi connectivity index (χ0) is 20.3. The van der Waals surface area contributed by atoms with Crippen LogP contribution in [0.4, 0.5) is 4.79 Å². The summed E-state index contributed by atoms with van der Waals surface area (Å²) in [5.41, 5.74) is 1.69. The van der Waals surface area contributed by atoms with Gasteiger partial charge in [-0.25, -0.2) is 9.59 Å². The first kappa shape index (κ1) is 20.2. The summed E-state index contributed by atoms with van der Waals surface area (Å²) in [5, 5.41) is 5.56. The number of rotatable bonds is 5. The molecule has 4 atom stereocenters. The van der Waals surface area contributed by atoms with Crippen LogP contribution in [-0.2, 0) is 9.53 Å². The second kappa shape index (κ2) is 8.67. The average molecular weight is 386 g/mol. The van der Waals surface area contributed by atoms with E-state index >= 15 is 0 Å². The zero-order valence-corrected chi connectivity index (χ0v) is 17.1. The highest BCUT2D eigenvalue weighted by Gasteiger charge is 2.36. The molecule has 0 saturated heterocycles. The van der Waals surface area contributed by atoms with Crippen LogP contribution in [0.25, 0.3) is 0 Å². The molecule has 0 unspecified atom stereocenters. The highest BCUT2D eigenvalue weighted by molar-refractivity contribution is 5.95. The molecule has 1 saturated carbocycles. The molecule has 2 N–H and O–H groups in total. The van der Waals surface area contributed by atoms with Crippen LogP contribution in [0, 0.1) is 11.8 Å². The number of benzene rings is 1. The van der Waals surface area contributed by atoms with E-state index in [1.54, 1.807) is 6.92 Å². The minimum atomic E-state index is -0.607. The van der Waals surface area contributed by atoms with Crippen molar-refractivity contribution in [2.24, 2.45) is 11.8 Å². The summed E-state index contributed by atoms with van der Waals surface area (Å²) in [6, 6.07) is 6.50. The Balaban J connectivity index is 1.87. The largest absolute Gasteiger partial charge is 0.494 e. The van der Waals surface area contributed by atoms with Gasteiger partial charge in [0.25, 0.3) is 0 Å². The van der Waals surface area contributed by atoms with Crippen LogP contribution in [-0.4, -0.2) is 24.7 Å². The number of carbonyl (C=O) groups excluding carboxylic acids is 2. The zero-order valence-electron chi connectivity index (χ0n) is 17.1. The lowest BCUT2D eigenvalue weighted by atomic mass is 9.80. The molecule has 1 aliphatic heterocycles. The molecule has 6 heteroatoms. The highest BCUT2D eigenvalue weighted by Crippen LogP contribution is 2.35. The third-order valence-electron chi connectivity index (χ3n) is 5.84. The van der Waals surface area contributed by atoms with Gasteiger partial charge in [-0.2, -0.15) is 0 Å². The van der Waals surface area contributed by atoms with Crippen molar-refractivity contribution in [2.45, 2.75) is 59.1 Å². The van der Waals surface area contributed by atoms with Crippen LogP contribution in [0.15, 0.2) is 35.5 Å². The van der Waals surface area contributed by atoms with Crippen molar-refractivity contribution >= 4 is 12.0 Å². The standard InChI is InChI=1S/C22H30N2O4/c1-5-27-18-9-7-6-8-17(18)20-19(15(4)23-22(26)24-20)21(25)28-16-11-10-13(2)14(3)12-16/h6-9,13-14,16,20H,5,10-12H2,1-4H3,(H2,23,24,26)/t13-,14-,16+,20-/m0/s1. The molecule has 1 aromatic carbocycles. The van der Waals surface area contributed by atoms with Crippen molar-refractivity contribution < 1.29 is 19.1 Å². The molecule has 28 heavy (non-hydrogen) atoms. The molecule has 0 aromatic heterocycles. The first-order valence-corrected chi connectivity index (χ1v) is 10.1. The van der Waals surface area contributed by atoms with Crippen molar-refractivity contribution in [2.75, 3.05) is 6.61 Å². The molecule has 0 radical (unpaired) electrons. The summed E-state index contributed by atoms with van der Waals surface area (Å²) in [6.45, 7) is 8.59. The fourth-order valence-corrected chi connectivity index (χ4v) is 4.02. The SMILES string of the molecule is CCOc1ccccc1[C@@H]1NC(=O)NC(C)=C1C(=O)O[C@@H]1CC[C@H](C)[C@@H](C)C1. The molecule has 0 spiro atoms. The van der Waals surface area contributed by atoms with Crippen LogP contribution in [0.3, 0.4) is 0 Å². The van der Waals surface area contributed by atoms with Gasteiger partial charge in [0.2, 0.25) is 0 Å². The predicted octanol–water partition coefficient (Wildman–Crippen LogP) is 4.08. The van der Waals surface area contributed by atoms with E-state index in [0.29, 0.717) is 35.5 Å². The number of nitrogens with one attached hydrogen (secondary N) is 2. The van der Waals surface area contributed by atoms with Gasteiger partial charge >= 0.3 is 12.0 Å². The van der Waals surface area contributed by atoms with Crippen molar-refractivity contribution in [3.05, 3.63) is 41.1 Å². The monoisotopic (exact) mass is 386 g/mol. The molecule has 1 aromatic rings. The summed E-state index contributed by atoms with van der Waals surface area (Å²) in [6.07, 6.45) is 2.73. The Labute approximate surface area is 166 Å². The van der Waals surface area contributed by atoms with Gasteiger partial charge in [-0.3, -0.25) is 0 Å². The van der Waals surface area contributed by atoms with Crippen LogP contribution >= 0.6 is 0 Å². The van der Waals surface area contributed by atoms with E-state index in [9.17, 15) is 9.59 Å². The Hall–Kier alpha value is -2.50. The van der Waals surface area contributed by atoms with Crippen LogP contribution in [0.2, 0.25) is 0 Å². The van der Waals surface area contributed by atoms with Gasteiger partial charge in [-0.05, 0) is 51.0 Å². The minimum Gasteiger partial charge on any atom is -0.494 e. The predicted molar refractivity (Wildman–Crippen MR) is 107 cm³/mol. The number of urea groups is 1. The number of para-hydroxylation sites is 1. The van der Waals surface area contributed by atoms with Gasteiger partial charge in [0.15, 0.2) is 0 Å². The maximum absolute atomic E-state index is 13.1. The fourth-order valence-electron chi connectivity index (χ4n) is 4.02. The summed E-state index contributed by atoms with van der Waals surface area (Å²) < 4.78 is 11.6. The molecular formula is C22H30N2O4. The van der Waals surface area contributed by atoms with E-state index in [2.05, 4.69) is 24.5 Å². The van der Waals surface area contributed by atoms with Crippen molar-refractivity contribution in [3.8, 4) is 5.75 Å².